The fraction of sp³-hybridized carbons (Fsp3) is 0.600. The highest BCUT2D eigenvalue weighted by molar-refractivity contribution is 5.98. The number of likely N-dealkylation sites (tertiary alicyclic amines) is 1. The quantitative estimate of drug-likeness (QED) is 0.711. The lowest BCUT2D eigenvalue weighted by Crippen LogP contribution is -2.51. The van der Waals surface area contributed by atoms with Crippen LogP contribution in [0.25, 0.3) is 0 Å². The van der Waals surface area contributed by atoms with Crippen LogP contribution >= 0.6 is 12.4 Å². The topological polar surface area (TPSA) is 82.7 Å². The van der Waals surface area contributed by atoms with E-state index < -0.39 is 5.60 Å². The van der Waals surface area contributed by atoms with Gasteiger partial charge in [-0.15, -0.1) is 12.4 Å². The van der Waals surface area contributed by atoms with E-state index in [4.69, 9.17) is 4.74 Å². The Kier molecular flexibility index (Phi) is 8.54. The highest BCUT2D eigenvalue weighted by Gasteiger charge is 2.39. The van der Waals surface area contributed by atoms with Crippen LogP contribution in [-0.2, 0) is 9.53 Å². The van der Waals surface area contributed by atoms with Crippen molar-refractivity contribution in [2.75, 3.05) is 43.9 Å². The summed E-state index contributed by atoms with van der Waals surface area (Å²) >= 11 is 0. The van der Waals surface area contributed by atoms with Gasteiger partial charge in [0.1, 0.15) is 5.60 Å². The lowest BCUT2D eigenvalue weighted by Gasteiger charge is -2.34. The van der Waals surface area contributed by atoms with Gasteiger partial charge in [0.2, 0.25) is 0 Å². The Morgan fingerprint density at radius 3 is 2.04 bits per heavy atom. The number of urea groups is 1. The number of ether oxygens (including phenoxy) is 1. The van der Waals surface area contributed by atoms with Crippen molar-refractivity contribution in [2.24, 2.45) is 0 Å². The smallest absolute Gasteiger partial charge is 0.321 e. The average molecular weight is 411 g/mol. The molecule has 7 nitrogen and oxygen atoms in total. The monoisotopic (exact) mass is 410 g/mol. The van der Waals surface area contributed by atoms with Crippen molar-refractivity contribution in [1.29, 1.82) is 0 Å². The molecule has 2 saturated heterocycles. The molecule has 2 aliphatic heterocycles. The lowest BCUT2D eigenvalue weighted by molar-refractivity contribution is -0.140. The Balaban J connectivity index is 0.00000280. The van der Waals surface area contributed by atoms with Crippen molar-refractivity contribution in [3.05, 3.63) is 24.3 Å². The molecule has 3 rings (SSSR count). The van der Waals surface area contributed by atoms with E-state index in [1.807, 2.05) is 17.0 Å². The lowest BCUT2D eigenvalue weighted by atomic mass is 9.91. The number of nitrogens with one attached hydrogen (secondary N) is 3. The summed E-state index contributed by atoms with van der Waals surface area (Å²) in [5.41, 5.74) is 0.651. The van der Waals surface area contributed by atoms with E-state index in [-0.39, 0.29) is 24.3 Å². The van der Waals surface area contributed by atoms with E-state index in [0.29, 0.717) is 18.5 Å². The minimum absolute atomic E-state index is 0. The van der Waals surface area contributed by atoms with Gasteiger partial charge in [-0.3, -0.25) is 4.79 Å². The van der Waals surface area contributed by atoms with E-state index in [1.54, 1.807) is 19.2 Å². The van der Waals surface area contributed by atoms with E-state index in [9.17, 15) is 9.59 Å². The van der Waals surface area contributed by atoms with Crippen LogP contribution in [0.1, 0.15) is 38.5 Å². The van der Waals surface area contributed by atoms with Crippen molar-refractivity contribution >= 4 is 35.7 Å². The number of anilines is 2. The first-order valence-corrected chi connectivity index (χ1v) is 9.86. The van der Waals surface area contributed by atoms with Crippen LogP contribution in [0.3, 0.4) is 0 Å². The third-order valence-electron chi connectivity index (χ3n) is 5.50. The summed E-state index contributed by atoms with van der Waals surface area (Å²) in [5, 5.41) is 9.13. The van der Waals surface area contributed by atoms with Crippen molar-refractivity contribution in [1.82, 2.24) is 10.2 Å². The molecule has 3 amide bonds. The van der Waals surface area contributed by atoms with Gasteiger partial charge >= 0.3 is 6.03 Å². The van der Waals surface area contributed by atoms with Gasteiger partial charge in [-0.2, -0.15) is 0 Å². The molecule has 3 N–H and O–H groups in total. The van der Waals surface area contributed by atoms with E-state index >= 15 is 0 Å². The van der Waals surface area contributed by atoms with E-state index in [2.05, 4.69) is 16.0 Å². The summed E-state index contributed by atoms with van der Waals surface area (Å²) in [6.07, 6.45) is 5.82. The number of hydrogen-bond acceptors (Lipinski definition) is 4. The van der Waals surface area contributed by atoms with Crippen molar-refractivity contribution in [3.63, 3.8) is 0 Å². The predicted octanol–water partition coefficient (Wildman–Crippen LogP) is 3.22. The van der Waals surface area contributed by atoms with Crippen molar-refractivity contribution in [2.45, 2.75) is 44.1 Å². The predicted molar refractivity (Wildman–Crippen MR) is 113 cm³/mol. The molecule has 2 heterocycles. The molecule has 0 atom stereocenters. The van der Waals surface area contributed by atoms with Crippen LogP contribution in [0.15, 0.2) is 24.3 Å². The first kappa shape index (κ1) is 22.5. The summed E-state index contributed by atoms with van der Waals surface area (Å²) in [4.78, 5) is 27.0. The molecular formula is C20H31ClN4O3. The van der Waals surface area contributed by atoms with E-state index in [0.717, 1.165) is 44.7 Å². The van der Waals surface area contributed by atoms with Gasteiger partial charge in [-0.05, 0) is 63.0 Å². The zero-order valence-electron chi connectivity index (χ0n) is 16.5. The maximum atomic E-state index is 12.7. The van der Waals surface area contributed by atoms with Crippen LogP contribution in [0.5, 0.6) is 0 Å². The van der Waals surface area contributed by atoms with Gasteiger partial charge in [0.15, 0.2) is 0 Å². The van der Waals surface area contributed by atoms with Gasteiger partial charge < -0.3 is 25.6 Å². The minimum atomic E-state index is -0.773. The molecule has 1 aromatic rings. The number of nitrogens with zero attached hydrogens (tertiary/aromatic N) is 1. The molecule has 0 bridgehead atoms. The Bertz CT molecular complexity index is 639. The number of halogens is 1. The molecule has 0 saturated carbocycles. The van der Waals surface area contributed by atoms with Crippen molar-refractivity contribution in [3.8, 4) is 0 Å². The molecule has 0 aromatic heterocycles. The summed E-state index contributed by atoms with van der Waals surface area (Å²) in [6.45, 7) is 3.16. The number of amides is 3. The van der Waals surface area contributed by atoms with Crippen molar-refractivity contribution < 1.29 is 14.3 Å². The Hall–Kier alpha value is -1.83. The molecule has 0 aliphatic carbocycles. The van der Waals surface area contributed by atoms with Gasteiger partial charge in [-0.1, -0.05) is 12.8 Å². The molecule has 0 radical (unpaired) electrons. The summed E-state index contributed by atoms with van der Waals surface area (Å²) < 4.78 is 5.55. The van der Waals surface area contributed by atoms with Gasteiger partial charge in [-0.25, -0.2) is 4.79 Å². The Morgan fingerprint density at radius 2 is 1.50 bits per heavy atom. The third-order valence-corrected chi connectivity index (χ3v) is 5.50. The molecule has 1 aromatic carbocycles. The zero-order chi connectivity index (χ0) is 19.1. The second kappa shape index (κ2) is 10.6. The largest absolute Gasteiger partial charge is 0.368 e. The van der Waals surface area contributed by atoms with Gasteiger partial charge in [0.25, 0.3) is 5.91 Å². The molecule has 2 aliphatic rings. The number of carbonyl (C=O) groups is 2. The molecule has 2 fully saturated rings. The number of hydrogen-bond donors (Lipinski definition) is 3. The van der Waals surface area contributed by atoms with Gasteiger partial charge in [0, 0.05) is 31.6 Å². The summed E-state index contributed by atoms with van der Waals surface area (Å²) in [7, 11) is 1.59. The normalized spacial score (nSPS) is 19.1. The van der Waals surface area contributed by atoms with Crippen LogP contribution in [-0.4, -0.2) is 55.7 Å². The second-order valence-corrected chi connectivity index (χ2v) is 7.31. The fourth-order valence-corrected chi connectivity index (χ4v) is 3.71. The molecular weight excluding hydrogens is 380 g/mol. The number of benzene rings is 1. The molecule has 0 spiro atoms. The van der Waals surface area contributed by atoms with Crippen LogP contribution in [0.4, 0.5) is 16.2 Å². The highest BCUT2D eigenvalue weighted by Crippen LogP contribution is 2.25. The molecule has 0 unspecified atom stereocenters. The summed E-state index contributed by atoms with van der Waals surface area (Å²) in [5.74, 6) is -0.118. The second-order valence-electron chi connectivity index (χ2n) is 7.31. The SMILES string of the molecule is COC1(C(=O)Nc2ccc(NC(=O)N3CCCCCC3)cc2)CCNCC1.Cl. The maximum Gasteiger partial charge on any atom is 0.321 e. The number of methoxy groups -OCH3 is 1. The van der Waals surface area contributed by atoms with E-state index in [1.165, 1.54) is 12.8 Å². The highest BCUT2D eigenvalue weighted by atomic mass is 35.5. The number of carbonyl (C=O) groups excluding carboxylic acids is 2. The third kappa shape index (κ3) is 5.59. The first-order valence-electron chi connectivity index (χ1n) is 9.86. The molecule has 28 heavy (non-hydrogen) atoms. The Morgan fingerprint density at radius 1 is 0.964 bits per heavy atom. The fourth-order valence-electron chi connectivity index (χ4n) is 3.71. The van der Waals surface area contributed by atoms with Crippen LogP contribution in [0, 0.1) is 0 Å². The maximum absolute atomic E-state index is 12.7. The Labute approximate surface area is 173 Å². The standard InChI is InChI=1S/C20H30N4O3.ClH/c1-27-20(10-12-21-13-11-20)18(25)22-16-6-8-17(9-7-16)23-19(26)24-14-4-2-3-5-15-24;/h6-9,21H,2-5,10-15H2,1H3,(H,22,25)(H,23,26);1H. The minimum Gasteiger partial charge on any atom is -0.368 e. The number of rotatable bonds is 4. The van der Waals surface area contributed by atoms with Gasteiger partial charge in [0.05, 0.1) is 0 Å². The first-order chi connectivity index (χ1) is 13.1. The summed E-state index contributed by atoms with van der Waals surface area (Å²) in [6, 6.07) is 7.18. The number of piperidine rings is 1. The molecule has 8 heteroatoms. The van der Waals surface area contributed by atoms with Crippen LogP contribution in [0.2, 0.25) is 0 Å². The molecule has 156 valence electrons. The zero-order valence-corrected chi connectivity index (χ0v) is 17.3. The van der Waals surface area contributed by atoms with Crippen LogP contribution < -0.4 is 16.0 Å². The average Bonchev–Trinajstić information content (AvgIpc) is 2.99.